The molecule has 0 aliphatic rings. The van der Waals surface area contributed by atoms with Crippen molar-refractivity contribution < 1.29 is 4.79 Å². The number of hydrogen-bond donors (Lipinski definition) is 1. The SMILES string of the molecule is O=C(Cn1c(Cc2ccc(Cl)cc2)nc2ccccc21)Nc1ccc(Cl)cc1. The Bertz CT molecular complexity index is 1120. The van der Waals surface area contributed by atoms with Gasteiger partial charge in [0.2, 0.25) is 5.91 Å². The lowest BCUT2D eigenvalue weighted by molar-refractivity contribution is -0.116. The number of carbonyl (C=O) groups is 1. The molecule has 1 amide bonds. The minimum Gasteiger partial charge on any atom is -0.325 e. The lowest BCUT2D eigenvalue weighted by Gasteiger charge is -2.10. The first-order valence-corrected chi connectivity index (χ1v) is 9.58. The Balaban J connectivity index is 1.61. The van der Waals surface area contributed by atoms with E-state index < -0.39 is 0 Å². The maximum Gasteiger partial charge on any atom is 0.244 e. The van der Waals surface area contributed by atoms with E-state index in [2.05, 4.69) is 5.32 Å². The average molecular weight is 410 g/mol. The summed E-state index contributed by atoms with van der Waals surface area (Å²) in [6, 6.07) is 22.5. The van der Waals surface area contributed by atoms with Gasteiger partial charge in [-0.25, -0.2) is 4.98 Å². The molecule has 1 heterocycles. The molecule has 4 rings (SSSR count). The van der Waals surface area contributed by atoms with Crippen LogP contribution in [0, 0.1) is 0 Å². The van der Waals surface area contributed by atoms with Gasteiger partial charge in [-0.15, -0.1) is 0 Å². The van der Waals surface area contributed by atoms with E-state index in [0.29, 0.717) is 22.2 Å². The number of nitrogens with zero attached hydrogens (tertiary/aromatic N) is 2. The molecule has 4 nitrogen and oxygen atoms in total. The second-order valence-electron chi connectivity index (χ2n) is 6.46. The summed E-state index contributed by atoms with van der Waals surface area (Å²) in [7, 11) is 0. The van der Waals surface area contributed by atoms with Crippen LogP contribution in [0.25, 0.3) is 11.0 Å². The molecule has 0 atom stereocenters. The van der Waals surface area contributed by atoms with E-state index in [1.54, 1.807) is 24.3 Å². The molecule has 1 N–H and O–H groups in total. The van der Waals surface area contributed by atoms with Crippen LogP contribution >= 0.6 is 23.2 Å². The number of imidazole rings is 1. The molecule has 0 unspecified atom stereocenters. The van der Waals surface area contributed by atoms with Crippen molar-refractivity contribution in [1.29, 1.82) is 0 Å². The first-order chi connectivity index (χ1) is 13.6. The van der Waals surface area contributed by atoms with Crippen LogP contribution in [0.2, 0.25) is 10.0 Å². The van der Waals surface area contributed by atoms with E-state index in [9.17, 15) is 4.79 Å². The van der Waals surface area contributed by atoms with E-state index in [1.807, 2.05) is 53.1 Å². The van der Waals surface area contributed by atoms with Gasteiger partial charge in [0, 0.05) is 22.2 Å². The summed E-state index contributed by atoms with van der Waals surface area (Å²) < 4.78 is 1.95. The van der Waals surface area contributed by atoms with E-state index in [0.717, 1.165) is 22.4 Å². The third kappa shape index (κ3) is 4.19. The number of carbonyl (C=O) groups excluding carboxylic acids is 1. The van der Waals surface area contributed by atoms with Gasteiger partial charge < -0.3 is 9.88 Å². The van der Waals surface area contributed by atoms with Crippen LogP contribution in [0.15, 0.2) is 72.8 Å². The van der Waals surface area contributed by atoms with Gasteiger partial charge in [0.05, 0.1) is 11.0 Å². The van der Waals surface area contributed by atoms with Gasteiger partial charge in [-0.05, 0) is 54.1 Å². The van der Waals surface area contributed by atoms with Gasteiger partial charge in [0.1, 0.15) is 12.4 Å². The lowest BCUT2D eigenvalue weighted by atomic mass is 10.1. The molecule has 0 saturated heterocycles. The number of amides is 1. The Morgan fingerprint density at radius 2 is 1.54 bits per heavy atom. The number of benzene rings is 3. The average Bonchev–Trinajstić information content (AvgIpc) is 3.02. The van der Waals surface area contributed by atoms with Crippen LogP contribution in [0.5, 0.6) is 0 Å². The highest BCUT2D eigenvalue weighted by molar-refractivity contribution is 6.30. The summed E-state index contributed by atoms with van der Waals surface area (Å²) in [6.07, 6.45) is 0.611. The number of rotatable bonds is 5. The maximum absolute atomic E-state index is 12.6. The molecule has 0 aliphatic heterocycles. The molecular formula is C22H17Cl2N3O. The van der Waals surface area contributed by atoms with Crippen molar-refractivity contribution in [2.24, 2.45) is 0 Å². The number of para-hydroxylation sites is 2. The van der Waals surface area contributed by atoms with Gasteiger partial charge in [-0.2, -0.15) is 0 Å². The molecule has 6 heteroatoms. The van der Waals surface area contributed by atoms with E-state index >= 15 is 0 Å². The molecule has 0 fully saturated rings. The normalized spacial score (nSPS) is 10.9. The van der Waals surface area contributed by atoms with Crippen LogP contribution in [-0.2, 0) is 17.8 Å². The lowest BCUT2D eigenvalue weighted by Crippen LogP contribution is -2.20. The Morgan fingerprint density at radius 1 is 0.893 bits per heavy atom. The highest BCUT2D eigenvalue weighted by atomic mass is 35.5. The quantitative estimate of drug-likeness (QED) is 0.468. The van der Waals surface area contributed by atoms with Crippen LogP contribution in [0.1, 0.15) is 11.4 Å². The largest absolute Gasteiger partial charge is 0.325 e. The van der Waals surface area contributed by atoms with Crippen molar-refractivity contribution in [3.8, 4) is 0 Å². The maximum atomic E-state index is 12.6. The molecule has 28 heavy (non-hydrogen) atoms. The summed E-state index contributed by atoms with van der Waals surface area (Å²) in [5.41, 5.74) is 3.58. The van der Waals surface area contributed by atoms with Gasteiger partial charge in [-0.1, -0.05) is 47.5 Å². The first-order valence-electron chi connectivity index (χ1n) is 8.82. The van der Waals surface area contributed by atoms with Crippen molar-refractivity contribution >= 4 is 45.8 Å². The fraction of sp³-hybridized carbons (Fsp3) is 0.0909. The number of nitrogens with one attached hydrogen (secondary N) is 1. The highest BCUT2D eigenvalue weighted by Crippen LogP contribution is 2.20. The molecule has 0 spiro atoms. The van der Waals surface area contributed by atoms with Crippen molar-refractivity contribution in [1.82, 2.24) is 9.55 Å². The fourth-order valence-corrected chi connectivity index (χ4v) is 3.35. The number of fused-ring (bicyclic) bond motifs is 1. The molecule has 0 bridgehead atoms. The van der Waals surface area contributed by atoms with E-state index in [4.69, 9.17) is 28.2 Å². The van der Waals surface area contributed by atoms with Crippen LogP contribution in [0.4, 0.5) is 5.69 Å². The Morgan fingerprint density at radius 3 is 2.25 bits per heavy atom. The Hall–Kier alpha value is -2.82. The standard InChI is InChI=1S/C22H17Cl2N3O/c23-16-7-5-15(6-8-16)13-21-26-19-3-1-2-4-20(19)27(21)14-22(28)25-18-11-9-17(24)10-12-18/h1-12H,13-14H2,(H,25,28). The number of anilines is 1. The number of halogens is 2. The molecule has 3 aromatic carbocycles. The van der Waals surface area contributed by atoms with Crippen LogP contribution in [0.3, 0.4) is 0 Å². The second kappa shape index (κ2) is 8.05. The zero-order valence-electron chi connectivity index (χ0n) is 14.9. The summed E-state index contributed by atoms with van der Waals surface area (Å²) in [4.78, 5) is 17.4. The van der Waals surface area contributed by atoms with Gasteiger partial charge in [0.15, 0.2) is 0 Å². The second-order valence-corrected chi connectivity index (χ2v) is 7.33. The predicted octanol–water partition coefficient (Wildman–Crippen LogP) is 5.57. The number of hydrogen-bond acceptors (Lipinski definition) is 2. The Labute approximate surface area is 172 Å². The third-order valence-electron chi connectivity index (χ3n) is 4.44. The smallest absolute Gasteiger partial charge is 0.244 e. The van der Waals surface area contributed by atoms with Crippen LogP contribution < -0.4 is 5.32 Å². The van der Waals surface area contributed by atoms with Crippen molar-refractivity contribution in [3.63, 3.8) is 0 Å². The molecule has 0 saturated carbocycles. The van der Waals surface area contributed by atoms with Crippen molar-refractivity contribution in [2.45, 2.75) is 13.0 Å². The van der Waals surface area contributed by atoms with E-state index in [-0.39, 0.29) is 12.5 Å². The summed E-state index contributed by atoms with van der Waals surface area (Å²) in [6.45, 7) is 0.173. The zero-order chi connectivity index (χ0) is 19.5. The molecule has 4 aromatic rings. The molecule has 0 aliphatic carbocycles. The molecular weight excluding hydrogens is 393 g/mol. The Kier molecular flexibility index (Phi) is 5.33. The zero-order valence-corrected chi connectivity index (χ0v) is 16.4. The minimum absolute atomic E-state index is 0.122. The van der Waals surface area contributed by atoms with Crippen LogP contribution in [-0.4, -0.2) is 15.5 Å². The highest BCUT2D eigenvalue weighted by Gasteiger charge is 2.14. The third-order valence-corrected chi connectivity index (χ3v) is 4.94. The monoisotopic (exact) mass is 409 g/mol. The molecule has 140 valence electrons. The van der Waals surface area contributed by atoms with Gasteiger partial charge >= 0.3 is 0 Å². The summed E-state index contributed by atoms with van der Waals surface area (Å²) in [5.74, 6) is 0.706. The van der Waals surface area contributed by atoms with Crippen molar-refractivity contribution in [3.05, 3.63) is 94.2 Å². The fourth-order valence-electron chi connectivity index (χ4n) is 3.10. The first kappa shape index (κ1) is 18.5. The van der Waals surface area contributed by atoms with E-state index in [1.165, 1.54) is 0 Å². The number of aromatic nitrogens is 2. The molecule has 1 aromatic heterocycles. The predicted molar refractivity (Wildman–Crippen MR) is 114 cm³/mol. The van der Waals surface area contributed by atoms with Gasteiger partial charge in [0.25, 0.3) is 0 Å². The summed E-state index contributed by atoms with van der Waals surface area (Å²) >= 11 is 11.9. The minimum atomic E-state index is -0.122. The summed E-state index contributed by atoms with van der Waals surface area (Å²) in [5, 5.41) is 4.23. The molecule has 0 radical (unpaired) electrons. The topological polar surface area (TPSA) is 46.9 Å². The van der Waals surface area contributed by atoms with Crippen molar-refractivity contribution in [2.75, 3.05) is 5.32 Å². The van der Waals surface area contributed by atoms with Gasteiger partial charge in [-0.3, -0.25) is 4.79 Å².